The Hall–Kier alpha value is -4.13. The Balaban J connectivity index is 1.67. The molecule has 0 atom stereocenters. The Kier molecular flexibility index (Phi) is 4.93. The van der Waals surface area contributed by atoms with Gasteiger partial charge in [0, 0.05) is 28.9 Å². The molecular formula is C23H18N2O5. The first kappa shape index (κ1) is 19.2. The Labute approximate surface area is 171 Å². The molecule has 0 fully saturated rings. The van der Waals surface area contributed by atoms with E-state index in [1.165, 1.54) is 12.1 Å². The maximum absolute atomic E-state index is 11.1. The van der Waals surface area contributed by atoms with E-state index in [4.69, 9.17) is 14.6 Å². The standard InChI is InChI=1S/C23H18N2O5/c1-14-10-15(22(26)27)6-8-19(14)24-11-16-12-25(20-5-3-2-4-18(16)20)13-17-7-9-21(30-17)23(28)29/h2-12H,13H2,1H3,(H,26,27)(H,28,29). The lowest BCUT2D eigenvalue weighted by molar-refractivity contribution is 0.0657. The second kappa shape index (κ2) is 7.71. The molecule has 0 saturated carbocycles. The molecule has 2 N–H and O–H groups in total. The largest absolute Gasteiger partial charge is 0.478 e. The Morgan fingerprint density at radius 3 is 2.57 bits per heavy atom. The number of carboxylic acids is 2. The molecule has 2 aromatic carbocycles. The van der Waals surface area contributed by atoms with Crippen molar-refractivity contribution in [3.63, 3.8) is 0 Å². The second-order valence-electron chi connectivity index (χ2n) is 6.87. The number of carbonyl (C=O) groups is 2. The first-order chi connectivity index (χ1) is 14.4. The van der Waals surface area contributed by atoms with Gasteiger partial charge in [0.05, 0.1) is 17.8 Å². The monoisotopic (exact) mass is 402 g/mol. The molecule has 0 saturated heterocycles. The number of aryl methyl sites for hydroxylation is 1. The molecule has 7 heteroatoms. The fourth-order valence-corrected chi connectivity index (χ4v) is 3.33. The number of fused-ring (bicyclic) bond motifs is 1. The van der Waals surface area contributed by atoms with Crippen molar-refractivity contribution in [1.82, 2.24) is 4.57 Å². The van der Waals surface area contributed by atoms with Gasteiger partial charge in [-0.1, -0.05) is 18.2 Å². The van der Waals surface area contributed by atoms with Crippen LogP contribution >= 0.6 is 0 Å². The number of hydrogen-bond acceptors (Lipinski definition) is 4. The average Bonchev–Trinajstić information content (AvgIpc) is 3.33. The van der Waals surface area contributed by atoms with E-state index in [9.17, 15) is 9.59 Å². The van der Waals surface area contributed by atoms with Gasteiger partial charge in [-0.05, 0) is 48.9 Å². The quantitative estimate of drug-likeness (QED) is 0.453. The van der Waals surface area contributed by atoms with E-state index in [0.29, 0.717) is 18.0 Å². The number of benzene rings is 2. The van der Waals surface area contributed by atoms with Crippen LogP contribution in [-0.4, -0.2) is 32.9 Å². The van der Waals surface area contributed by atoms with Crippen molar-refractivity contribution in [3.8, 4) is 0 Å². The summed E-state index contributed by atoms with van der Waals surface area (Å²) in [5.74, 6) is -1.63. The van der Waals surface area contributed by atoms with Gasteiger partial charge < -0.3 is 19.2 Å². The van der Waals surface area contributed by atoms with Gasteiger partial charge in [-0.15, -0.1) is 0 Å². The van der Waals surface area contributed by atoms with Crippen LogP contribution in [0.2, 0.25) is 0 Å². The van der Waals surface area contributed by atoms with E-state index >= 15 is 0 Å². The maximum Gasteiger partial charge on any atom is 0.371 e. The number of furan rings is 1. The predicted octanol–water partition coefficient (Wildman–Crippen LogP) is 4.74. The summed E-state index contributed by atoms with van der Waals surface area (Å²) in [5.41, 5.74) is 3.53. The number of rotatable bonds is 6. The average molecular weight is 402 g/mol. The van der Waals surface area contributed by atoms with E-state index < -0.39 is 11.9 Å². The first-order valence-corrected chi connectivity index (χ1v) is 9.20. The Morgan fingerprint density at radius 2 is 1.87 bits per heavy atom. The third-order valence-corrected chi connectivity index (χ3v) is 4.80. The molecule has 30 heavy (non-hydrogen) atoms. The lowest BCUT2D eigenvalue weighted by Crippen LogP contribution is -1.97. The summed E-state index contributed by atoms with van der Waals surface area (Å²) in [6, 6.07) is 15.7. The molecule has 0 radical (unpaired) electrons. The number of carboxylic acid groups (broad SMARTS) is 2. The number of aromatic nitrogens is 1. The molecule has 0 spiro atoms. The van der Waals surface area contributed by atoms with Gasteiger partial charge in [-0.25, -0.2) is 9.59 Å². The maximum atomic E-state index is 11.1. The lowest BCUT2D eigenvalue weighted by Gasteiger charge is -2.02. The van der Waals surface area contributed by atoms with E-state index in [-0.39, 0.29) is 11.3 Å². The topological polar surface area (TPSA) is 105 Å². The second-order valence-corrected chi connectivity index (χ2v) is 6.87. The van der Waals surface area contributed by atoms with Gasteiger partial charge in [0.15, 0.2) is 0 Å². The number of aliphatic imine (C=N–C) groups is 1. The van der Waals surface area contributed by atoms with Crippen LogP contribution < -0.4 is 0 Å². The van der Waals surface area contributed by atoms with Crippen molar-refractivity contribution >= 4 is 34.7 Å². The zero-order chi connectivity index (χ0) is 21.3. The zero-order valence-corrected chi connectivity index (χ0v) is 16.1. The molecule has 0 amide bonds. The third-order valence-electron chi connectivity index (χ3n) is 4.80. The molecular weight excluding hydrogens is 384 g/mol. The van der Waals surface area contributed by atoms with Crippen LogP contribution in [0.15, 0.2) is 70.2 Å². The van der Waals surface area contributed by atoms with E-state index in [1.807, 2.05) is 42.0 Å². The van der Waals surface area contributed by atoms with Crippen molar-refractivity contribution in [2.75, 3.05) is 0 Å². The first-order valence-electron chi connectivity index (χ1n) is 9.20. The summed E-state index contributed by atoms with van der Waals surface area (Å²) in [7, 11) is 0. The van der Waals surface area contributed by atoms with E-state index in [1.54, 1.807) is 24.4 Å². The van der Waals surface area contributed by atoms with Gasteiger partial charge >= 0.3 is 11.9 Å². The van der Waals surface area contributed by atoms with Gasteiger partial charge in [0.1, 0.15) is 5.76 Å². The minimum absolute atomic E-state index is 0.0940. The Morgan fingerprint density at radius 1 is 1.07 bits per heavy atom. The van der Waals surface area contributed by atoms with Crippen LogP contribution in [0.1, 0.15) is 37.8 Å². The van der Waals surface area contributed by atoms with Crippen molar-refractivity contribution in [3.05, 3.63) is 89.0 Å². The molecule has 150 valence electrons. The van der Waals surface area contributed by atoms with Gasteiger partial charge in [-0.3, -0.25) is 4.99 Å². The fourth-order valence-electron chi connectivity index (χ4n) is 3.33. The molecule has 4 aromatic rings. The smallest absolute Gasteiger partial charge is 0.371 e. The highest BCUT2D eigenvalue weighted by molar-refractivity contribution is 6.00. The SMILES string of the molecule is Cc1cc(C(=O)O)ccc1N=Cc1cn(Cc2ccc(C(=O)O)o2)c2ccccc12. The number of aromatic carboxylic acids is 2. The van der Waals surface area contributed by atoms with E-state index in [2.05, 4.69) is 4.99 Å². The highest BCUT2D eigenvalue weighted by Crippen LogP contribution is 2.24. The van der Waals surface area contributed by atoms with Crippen LogP contribution in [0.3, 0.4) is 0 Å². The molecule has 4 rings (SSSR count). The summed E-state index contributed by atoms with van der Waals surface area (Å²) in [6.45, 7) is 2.20. The summed E-state index contributed by atoms with van der Waals surface area (Å²) >= 11 is 0. The molecule has 0 aliphatic rings. The van der Waals surface area contributed by atoms with Crippen LogP contribution in [0.25, 0.3) is 10.9 Å². The predicted molar refractivity (Wildman–Crippen MR) is 112 cm³/mol. The minimum Gasteiger partial charge on any atom is -0.478 e. The van der Waals surface area contributed by atoms with Gasteiger partial charge in [0.2, 0.25) is 5.76 Å². The molecule has 0 bridgehead atoms. The summed E-state index contributed by atoms with van der Waals surface area (Å²) < 4.78 is 7.35. The summed E-state index contributed by atoms with van der Waals surface area (Å²) in [5, 5.41) is 19.1. The lowest BCUT2D eigenvalue weighted by atomic mass is 10.1. The third kappa shape index (κ3) is 3.73. The van der Waals surface area contributed by atoms with E-state index in [0.717, 1.165) is 22.0 Å². The molecule has 2 aromatic heterocycles. The molecule has 0 unspecified atom stereocenters. The molecule has 2 heterocycles. The highest BCUT2D eigenvalue weighted by atomic mass is 16.4. The van der Waals surface area contributed by atoms with Crippen molar-refractivity contribution in [2.45, 2.75) is 13.5 Å². The molecule has 7 nitrogen and oxygen atoms in total. The van der Waals surface area contributed by atoms with Crippen LogP contribution in [0.4, 0.5) is 5.69 Å². The normalized spacial score (nSPS) is 11.4. The number of para-hydroxylation sites is 1. The summed E-state index contributed by atoms with van der Waals surface area (Å²) in [4.78, 5) is 26.7. The zero-order valence-electron chi connectivity index (χ0n) is 16.1. The molecule has 0 aliphatic heterocycles. The van der Waals surface area contributed by atoms with Crippen LogP contribution in [0, 0.1) is 6.92 Å². The Bertz CT molecular complexity index is 1300. The number of hydrogen-bond donors (Lipinski definition) is 2. The van der Waals surface area contributed by atoms with Crippen molar-refractivity contribution < 1.29 is 24.2 Å². The minimum atomic E-state index is -1.10. The van der Waals surface area contributed by atoms with Crippen LogP contribution in [0.5, 0.6) is 0 Å². The van der Waals surface area contributed by atoms with Crippen molar-refractivity contribution in [1.29, 1.82) is 0 Å². The summed E-state index contributed by atoms with van der Waals surface area (Å²) in [6.07, 6.45) is 3.67. The van der Waals surface area contributed by atoms with Crippen LogP contribution in [-0.2, 0) is 6.54 Å². The fraction of sp³-hybridized carbons (Fsp3) is 0.0870. The van der Waals surface area contributed by atoms with Gasteiger partial charge in [-0.2, -0.15) is 0 Å². The molecule has 0 aliphatic carbocycles. The van der Waals surface area contributed by atoms with Gasteiger partial charge in [0.25, 0.3) is 0 Å². The van der Waals surface area contributed by atoms with Crippen molar-refractivity contribution in [2.24, 2.45) is 4.99 Å². The highest BCUT2D eigenvalue weighted by Gasteiger charge is 2.12. The number of nitrogens with zero attached hydrogens (tertiary/aromatic N) is 2.